The smallest absolute Gasteiger partial charge is 0.217 e. The molecule has 0 aromatic heterocycles. The molecule has 2 heterocycles. The van der Waals surface area contributed by atoms with Gasteiger partial charge < -0.3 is 25.2 Å². The molecule has 0 bridgehead atoms. The molecule has 1 saturated heterocycles. The monoisotopic (exact) mass is 464 g/mol. The minimum absolute atomic E-state index is 0.0924. The first kappa shape index (κ1) is 23.3. The highest BCUT2D eigenvalue weighted by Crippen LogP contribution is 2.49. The Morgan fingerprint density at radius 1 is 1.18 bits per heavy atom. The maximum absolute atomic E-state index is 11.8. The van der Waals surface area contributed by atoms with Crippen LogP contribution in [0.5, 0.6) is 5.75 Å². The van der Waals surface area contributed by atoms with Gasteiger partial charge in [-0.3, -0.25) is 4.79 Å². The van der Waals surface area contributed by atoms with E-state index in [1.165, 1.54) is 18.9 Å². The predicted molar refractivity (Wildman–Crippen MR) is 131 cm³/mol. The highest BCUT2D eigenvalue weighted by atomic mass is 16.5. The molecule has 6 nitrogen and oxygen atoms in total. The van der Waals surface area contributed by atoms with E-state index in [9.17, 15) is 9.90 Å². The second-order valence-electron chi connectivity index (χ2n) is 10.2. The summed E-state index contributed by atoms with van der Waals surface area (Å²) >= 11 is 0. The molecule has 34 heavy (non-hydrogen) atoms. The molecule has 1 spiro atoms. The fourth-order valence-electron chi connectivity index (χ4n) is 5.61. The summed E-state index contributed by atoms with van der Waals surface area (Å²) in [5.74, 6) is 0.813. The third-order valence-corrected chi connectivity index (χ3v) is 7.60. The molecule has 3 N–H and O–H groups in total. The van der Waals surface area contributed by atoms with Gasteiger partial charge in [-0.15, -0.1) is 0 Å². The molecule has 5 rings (SSSR count). The molecule has 0 radical (unpaired) electrons. The number of nitrogens with one attached hydrogen (secondary N) is 2. The second kappa shape index (κ2) is 10.1. The summed E-state index contributed by atoms with van der Waals surface area (Å²) in [4.78, 5) is 11.8. The van der Waals surface area contributed by atoms with Gasteiger partial charge in [0.25, 0.3) is 0 Å². The Morgan fingerprint density at radius 3 is 2.68 bits per heavy atom. The van der Waals surface area contributed by atoms with Gasteiger partial charge in [-0.25, -0.2) is 0 Å². The van der Waals surface area contributed by atoms with E-state index >= 15 is 0 Å². The van der Waals surface area contributed by atoms with Crippen LogP contribution in [0.25, 0.3) is 0 Å². The molecule has 0 unspecified atom stereocenters. The number of fused-ring (bicyclic) bond motifs is 1. The van der Waals surface area contributed by atoms with Gasteiger partial charge in [0.15, 0.2) is 0 Å². The summed E-state index contributed by atoms with van der Waals surface area (Å²) in [6.07, 6.45) is 6.42. The van der Waals surface area contributed by atoms with Crippen LogP contribution >= 0.6 is 0 Å². The van der Waals surface area contributed by atoms with Crippen molar-refractivity contribution >= 4 is 5.91 Å². The molecule has 6 heteroatoms. The number of aliphatic hydroxyl groups is 1. The van der Waals surface area contributed by atoms with Crippen LogP contribution in [0, 0.1) is 0 Å². The third-order valence-electron chi connectivity index (χ3n) is 7.60. The van der Waals surface area contributed by atoms with Crippen LogP contribution in [-0.4, -0.2) is 41.9 Å². The van der Waals surface area contributed by atoms with Gasteiger partial charge in [-0.2, -0.15) is 0 Å². The quantitative estimate of drug-likeness (QED) is 0.551. The molecule has 1 aliphatic carbocycles. The Morgan fingerprint density at radius 2 is 2.00 bits per heavy atom. The Bertz CT molecular complexity index is 985. The Labute approximate surface area is 202 Å². The number of aliphatic hydroxyl groups excluding tert-OH is 1. The van der Waals surface area contributed by atoms with Crippen molar-refractivity contribution in [1.29, 1.82) is 0 Å². The zero-order chi connectivity index (χ0) is 23.5. The summed E-state index contributed by atoms with van der Waals surface area (Å²) in [6, 6.07) is 16.2. The van der Waals surface area contributed by atoms with E-state index in [-0.39, 0.29) is 29.7 Å². The zero-order valence-corrected chi connectivity index (χ0v) is 20.0. The summed E-state index contributed by atoms with van der Waals surface area (Å²) in [5.41, 5.74) is 3.35. The molecule has 182 valence electrons. The van der Waals surface area contributed by atoms with Crippen molar-refractivity contribution in [3.63, 3.8) is 0 Å². The van der Waals surface area contributed by atoms with E-state index < -0.39 is 6.10 Å². The number of benzene rings is 2. The maximum atomic E-state index is 11.8. The molecule has 2 fully saturated rings. The number of rotatable bonds is 8. The first-order valence-corrected chi connectivity index (χ1v) is 12.7. The van der Waals surface area contributed by atoms with Crippen molar-refractivity contribution in [2.24, 2.45) is 0 Å². The van der Waals surface area contributed by atoms with Crippen LogP contribution in [0.4, 0.5) is 0 Å². The molecule has 4 atom stereocenters. The fourth-order valence-corrected chi connectivity index (χ4v) is 5.61. The largest absolute Gasteiger partial charge is 0.487 e. The van der Waals surface area contributed by atoms with Crippen molar-refractivity contribution in [2.75, 3.05) is 13.2 Å². The van der Waals surface area contributed by atoms with Crippen molar-refractivity contribution < 1.29 is 19.4 Å². The van der Waals surface area contributed by atoms with Crippen LogP contribution in [0.15, 0.2) is 48.5 Å². The molecule has 1 amide bonds. The van der Waals surface area contributed by atoms with Gasteiger partial charge in [-0.05, 0) is 61.8 Å². The van der Waals surface area contributed by atoms with Gasteiger partial charge in [0, 0.05) is 38.1 Å². The van der Waals surface area contributed by atoms with Crippen molar-refractivity contribution in [3.05, 3.63) is 65.2 Å². The van der Waals surface area contributed by atoms with Crippen LogP contribution < -0.4 is 15.4 Å². The number of amides is 1. The Kier molecular flexibility index (Phi) is 6.91. The van der Waals surface area contributed by atoms with E-state index in [0.717, 1.165) is 55.6 Å². The third kappa shape index (κ3) is 5.14. The number of hydrogen-bond donors (Lipinski definition) is 3. The van der Waals surface area contributed by atoms with Crippen LogP contribution in [0.3, 0.4) is 0 Å². The average molecular weight is 465 g/mol. The van der Waals surface area contributed by atoms with Crippen molar-refractivity contribution in [2.45, 2.75) is 81.8 Å². The van der Waals surface area contributed by atoms with Crippen LogP contribution in [0.1, 0.15) is 74.3 Å². The lowest BCUT2D eigenvalue weighted by molar-refractivity contribution is -0.120. The first-order valence-electron chi connectivity index (χ1n) is 12.7. The van der Waals surface area contributed by atoms with Gasteiger partial charge in [0.05, 0.1) is 18.2 Å². The maximum Gasteiger partial charge on any atom is 0.217 e. The zero-order valence-electron chi connectivity index (χ0n) is 20.0. The average Bonchev–Trinajstić information content (AvgIpc) is 3.36. The van der Waals surface area contributed by atoms with Gasteiger partial charge in [-0.1, -0.05) is 36.4 Å². The van der Waals surface area contributed by atoms with Gasteiger partial charge >= 0.3 is 0 Å². The minimum Gasteiger partial charge on any atom is -0.487 e. The molecule has 2 aromatic rings. The van der Waals surface area contributed by atoms with Gasteiger partial charge in [0.2, 0.25) is 5.91 Å². The SMILES string of the molecule is CC(=O)N[C@@H](Cc1ccccc1)[C@@H](O)CN[C@H]1CC2(CCC2)Oc2ccc([C@H]3CCCO3)cc21. The van der Waals surface area contributed by atoms with Crippen molar-refractivity contribution in [3.8, 4) is 5.75 Å². The normalized spacial score (nSPS) is 24.5. The topological polar surface area (TPSA) is 79.8 Å². The molecular weight excluding hydrogens is 428 g/mol. The van der Waals surface area contributed by atoms with Crippen LogP contribution in [0.2, 0.25) is 0 Å². The van der Waals surface area contributed by atoms with E-state index in [1.807, 2.05) is 30.3 Å². The number of carbonyl (C=O) groups is 1. The lowest BCUT2D eigenvalue weighted by atomic mass is 9.72. The minimum atomic E-state index is -0.714. The summed E-state index contributed by atoms with van der Waals surface area (Å²) in [5, 5.41) is 17.7. The number of ether oxygens (including phenoxy) is 2. The molecular formula is C28H36N2O4. The van der Waals surface area contributed by atoms with Gasteiger partial charge in [0.1, 0.15) is 11.4 Å². The first-order chi connectivity index (χ1) is 16.5. The van der Waals surface area contributed by atoms with Crippen LogP contribution in [-0.2, 0) is 16.0 Å². The summed E-state index contributed by atoms with van der Waals surface area (Å²) in [6.45, 7) is 2.71. The Hall–Kier alpha value is -2.41. The molecule has 3 aliphatic rings. The lowest BCUT2D eigenvalue weighted by Crippen LogP contribution is -2.52. The van der Waals surface area contributed by atoms with E-state index in [1.54, 1.807) is 0 Å². The predicted octanol–water partition coefficient (Wildman–Crippen LogP) is 3.98. The number of carbonyl (C=O) groups excluding carboxylic acids is 1. The standard InChI is InChI=1S/C28H36N2O4/c1-19(31)30-23(15-20-7-3-2-4-8-20)25(32)18-29-24-17-28(12-6-13-28)34-27-11-10-21(16-22(24)27)26-9-5-14-33-26/h2-4,7-8,10-11,16,23-26,29,32H,5-6,9,12-15,17-18H2,1H3,(H,30,31)/t23-,24-,25-,26+/m0/s1. The number of hydrogen-bond acceptors (Lipinski definition) is 5. The molecule has 2 aliphatic heterocycles. The molecule has 1 saturated carbocycles. The van der Waals surface area contributed by atoms with Crippen molar-refractivity contribution in [1.82, 2.24) is 10.6 Å². The van der Waals surface area contributed by atoms with E-state index in [4.69, 9.17) is 9.47 Å². The Balaban J connectivity index is 1.32. The summed E-state index contributed by atoms with van der Waals surface area (Å²) < 4.78 is 12.4. The highest BCUT2D eigenvalue weighted by molar-refractivity contribution is 5.73. The van der Waals surface area contributed by atoms with E-state index in [2.05, 4.69) is 28.8 Å². The molecule has 2 aromatic carbocycles. The fraction of sp³-hybridized carbons (Fsp3) is 0.536. The highest BCUT2D eigenvalue weighted by Gasteiger charge is 2.45. The lowest BCUT2D eigenvalue weighted by Gasteiger charge is -2.48. The summed E-state index contributed by atoms with van der Waals surface area (Å²) in [7, 11) is 0. The van der Waals surface area contributed by atoms with E-state index in [0.29, 0.717) is 13.0 Å². The second-order valence-corrected chi connectivity index (χ2v) is 10.2.